The summed E-state index contributed by atoms with van der Waals surface area (Å²) >= 11 is 5.82. The highest BCUT2D eigenvalue weighted by Gasteiger charge is 2.10. The summed E-state index contributed by atoms with van der Waals surface area (Å²) in [7, 11) is 0. The lowest BCUT2D eigenvalue weighted by atomic mass is 10.2. The minimum Gasteiger partial charge on any atom is -0.491 e. The highest BCUT2D eigenvalue weighted by molar-refractivity contribution is 6.30. The van der Waals surface area contributed by atoms with Crippen LogP contribution in [0, 0.1) is 11.3 Å². The zero-order chi connectivity index (χ0) is 12.8. The lowest BCUT2D eigenvalue weighted by Gasteiger charge is -2.26. The molecule has 18 heavy (non-hydrogen) atoms. The SMILES string of the molecule is N#Cc1cc(Cl)ccc1OCCN1CCOCC1. The van der Waals surface area contributed by atoms with Gasteiger partial charge in [0.2, 0.25) is 0 Å². The van der Waals surface area contributed by atoms with Gasteiger partial charge >= 0.3 is 0 Å². The van der Waals surface area contributed by atoms with E-state index in [1.807, 2.05) is 0 Å². The van der Waals surface area contributed by atoms with E-state index in [1.54, 1.807) is 18.2 Å². The maximum Gasteiger partial charge on any atom is 0.137 e. The third-order valence-corrected chi connectivity index (χ3v) is 3.07. The number of benzene rings is 1. The molecule has 5 heteroatoms. The standard InChI is InChI=1S/C13H15ClN2O2/c14-12-1-2-13(11(9-12)10-15)18-8-5-16-3-6-17-7-4-16/h1-2,9H,3-8H2. The van der Waals surface area contributed by atoms with Crippen molar-refractivity contribution in [1.29, 1.82) is 5.26 Å². The molecule has 0 radical (unpaired) electrons. The molecule has 1 aliphatic rings. The molecule has 1 aromatic carbocycles. The van der Waals surface area contributed by atoms with Crippen molar-refractivity contribution >= 4 is 11.6 Å². The number of halogens is 1. The van der Waals surface area contributed by atoms with Gasteiger partial charge in [-0.3, -0.25) is 4.90 Å². The van der Waals surface area contributed by atoms with Gasteiger partial charge in [-0.1, -0.05) is 11.6 Å². The number of rotatable bonds is 4. The van der Waals surface area contributed by atoms with Crippen LogP contribution in [0.3, 0.4) is 0 Å². The predicted octanol–water partition coefficient (Wildman–Crippen LogP) is 1.92. The second-order valence-corrected chi connectivity index (χ2v) is 4.49. The molecule has 0 aromatic heterocycles. The Morgan fingerprint density at radius 2 is 2.17 bits per heavy atom. The molecule has 0 spiro atoms. The van der Waals surface area contributed by atoms with E-state index < -0.39 is 0 Å². The fraction of sp³-hybridized carbons (Fsp3) is 0.462. The number of ether oxygens (including phenoxy) is 2. The van der Waals surface area contributed by atoms with Gasteiger partial charge in [-0.25, -0.2) is 0 Å². The van der Waals surface area contributed by atoms with Gasteiger partial charge < -0.3 is 9.47 Å². The zero-order valence-electron chi connectivity index (χ0n) is 10.1. The van der Waals surface area contributed by atoms with Crippen molar-refractivity contribution in [2.24, 2.45) is 0 Å². The van der Waals surface area contributed by atoms with E-state index in [4.69, 9.17) is 26.3 Å². The molecule has 1 saturated heterocycles. The van der Waals surface area contributed by atoms with Gasteiger partial charge in [-0.05, 0) is 18.2 Å². The van der Waals surface area contributed by atoms with E-state index in [0.29, 0.717) is 22.9 Å². The Kier molecular flexibility index (Phi) is 4.82. The normalized spacial score (nSPS) is 16.2. The molecule has 1 fully saturated rings. The summed E-state index contributed by atoms with van der Waals surface area (Å²) in [4.78, 5) is 2.28. The molecule has 0 bridgehead atoms. The third-order valence-electron chi connectivity index (χ3n) is 2.83. The molecule has 1 heterocycles. The Labute approximate surface area is 112 Å². The molecule has 0 saturated carbocycles. The van der Waals surface area contributed by atoms with E-state index in [1.165, 1.54) is 0 Å². The van der Waals surface area contributed by atoms with E-state index in [2.05, 4.69) is 11.0 Å². The topological polar surface area (TPSA) is 45.5 Å². The van der Waals surface area contributed by atoms with Crippen LogP contribution < -0.4 is 4.74 Å². The van der Waals surface area contributed by atoms with Crippen LogP contribution in [0.1, 0.15) is 5.56 Å². The smallest absolute Gasteiger partial charge is 0.137 e. The van der Waals surface area contributed by atoms with Crippen LogP contribution in [0.25, 0.3) is 0 Å². The number of nitrogens with zero attached hydrogens (tertiary/aromatic N) is 2. The molecule has 4 nitrogen and oxygen atoms in total. The van der Waals surface area contributed by atoms with Crippen molar-refractivity contribution in [3.8, 4) is 11.8 Å². The van der Waals surface area contributed by atoms with E-state index >= 15 is 0 Å². The molecule has 2 rings (SSSR count). The van der Waals surface area contributed by atoms with Crippen LogP contribution in [-0.2, 0) is 4.74 Å². The van der Waals surface area contributed by atoms with Crippen LogP contribution in [0.4, 0.5) is 0 Å². The van der Waals surface area contributed by atoms with Gasteiger partial charge in [-0.15, -0.1) is 0 Å². The Balaban J connectivity index is 1.84. The van der Waals surface area contributed by atoms with Gasteiger partial charge in [0, 0.05) is 24.7 Å². The van der Waals surface area contributed by atoms with Gasteiger partial charge in [0.15, 0.2) is 0 Å². The number of hydrogen-bond acceptors (Lipinski definition) is 4. The fourth-order valence-corrected chi connectivity index (χ4v) is 2.00. The van der Waals surface area contributed by atoms with Crippen molar-refractivity contribution < 1.29 is 9.47 Å². The first kappa shape index (κ1) is 13.2. The Morgan fingerprint density at radius 3 is 2.89 bits per heavy atom. The lowest BCUT2D eigenvalue weighted by molar-refractivity contribution is 0.0322. The Morgan fingerprint density at radius 1 is 1.39 bits per heavy atom. The second-order valence-electron chi connectivity index (χ2n) is 4.05. The summed E-state index contributed by atoms with van der Waals surface area (Å²) in [6.45, 7) is 4.85. The number of nitriles is 1. The van der Waals surface area contributed by atoms with E-state index in [0.717, 1.165) is 32.8 Å². The van der Waals surface area contributed by atoms with Crippen molar-refractivity contribution in [1.82, 2.24) is 4.90 Å². The molecule has 96 valence electrons. The minimum atomic E-state index is 0.476. The molecule has 0 atom stereocenters. The first-order valence-electron chi connectivity index (χ1n) is 5.92. The van der Waals surface area contributed by atoms with Gasteiger partial charge in [0.05, 0.1) is 18.8 Å². The van der Waals surface area contributed by atoms with Crippen molar-refractivity contribution in [3.63, 3.8) is 0 Å². The molecule has 1 aliphatic heterocycles. The summed E-state index contributed by atoms with van der Waals surface area (Å²) in [5.41, 5.74) is 0.476. The monoisotopic (exact) mass is 266 g/mol. The largest absolute Gasteiger partial charge is 0.491 e. The minimum absolute atomic E-state index is 0.476. The summed E-state index contributed by atoms with van der Waals surface area (Å²) in [5.74, 6) is 0.593. The molecular formula is C13H15ClN2O2. The first-order valence-corrected chi connectivity index (χ1v) is 6.30. The highest BCUT2D eigenvalue weighted by atomic mass is 35.5. The van der Waals surface area contributed by atoms with Crippen LogP contribution in [0.15, 0.2) is 18.2 Å². The summed E-state index contributed by atoms with van der Waals surface area (Å²) in [6, 6.07) is 7.16. The van der Waals surface area contributed by atoms with Crippen LogP contribution in [0.2, 0.25) is 5.02 Å². The number of morpholine rings is 1. The van der Waals surface area contributed by atoms with Crippen LogP contribution >= 0.6 is 11.6 Å². The zero-order valence-corrected chi connectivity index (χ0v) is 10.8. The van der Waals surface area contributed by atoms with Gasteiger partial charge in [0.25, 0.3) is 0 Å². The average Bonchev–Trinajstić information content (AvgIpc) is 2.41. The molecule has 0 amide bonds. The Hall–Kier alpha value is -1.28. The van der Waals surface area contributed by atoms with Crippen molar-refractivity contribution in [3.05, 3.63) is 28.8 Å². The summed E-state index contributed by atoms with van der Waals surface area (Å²) in [5, 5.41) is 9.52. The van der Waals surface area contributed by atoms with Crippen LogP contribution in [-0.4, -0.2) is 44.4 Å². The summed E-state index contributed by atoms with van der Waals surface area (Å²) < 4.78 is 10.9. The molecule has 0 N–H and O–H groups in total. The van der Waals surface area contributed by atoms with Crippen molar-refractivity contribution in [2.45, 2.75) is 0 Å². The lowest BCUT2D eigenvalue weighted by Crippen LogP contribution is -2.38. The summed E-state index contributed by atoms with van der Waals surface area (Å²) in [6.07, 6.45) is 0. The molecule has 0 aliphatic carbocycles. The molecule has 0 unspecified atom stereocenters. The second kappa shape index (κ2) is 6.60. The number of hydrogen-bond donors (Lipinski definition) is 0. The fourth-order valence-electron chi connectivity index (χ4n) is 1.82. The first-order chi connectivity index (χ1) is 8.79. The third kappa shape index (κ3) is 3.61. The predicted molar refractivity (Wildman–Crippen MR) is 68.9 cm³/mol. The maximum atomic E-state index is 8.98. The van der Waals surface area contributed by atoms with Gasteiger partial charge in [0.1, 0.15) is 18.4 Å². The van der Waals surface area contributed by atoms with E-state index in [9.17, 15) is 0 Å². The quantitative estimate of drug-likeness (QED) is 0.835. The van der Waals surface area contributed by atoms with E-state index in [-0.39, 0.29) is 0 Å². The molecular weight excluding hydrogens is 252 g/mol. The van der Waals surface area contributed by atoms with Gasteiger partial charge in [-0.2, -0.15) is 5.26 Å². The average molecular weight is 267 g/mol. The highest BCUT2D eigenvalue weighted by Crippen LogP contribution is 2.21. The maximum absolute atomic E-state index is 8.98. The van der Waals surface area contributed by atoms with Crippen LogP contribution in [0.5, 0.6) is 5.75 Å². The Bertz CT molecular complexity index is 439. The van der Waals surface area contributed by atoms with Crippen molar-refractivity contribution in [2.75, 3.05) is 39.5 Å². The molecule has 1 aromatic rings.